The number of benzene rings is 3. The molecule has 3 aromatic rings. The Bertz CT molecular complexity index is 843. The predicted octanol–water partition coefficient (Wildman–Crippen LogP) is 1.95. The number of Topliss-reactive ketones (excluding diaryl/α,β-unsaturated/α-hetero) is 1. The summed E-state index contributed by atoms with van der Waals surface area (Å²) in [6, 6.07) is 24.2. The molecule has 0 aliphatic rings. The standard InChI is InChI=1S/C21H18OS2.ClH/c1-15-3-2-4-16(13-15)14-21(22)17-5-9-19(10-6-17)24-20-11-7-18(23)8-12-20;/h2-13,23H,14H2,1H3;1H. The van der Waals surface area contributed by atoms with Crippen LogP contribution in [-0.4, -0.2) is 5.78 Å². The average molecular weight is 387 g/mol. The lowest BCUT2D eigenvalue weighted by Gasteiger charge is -2.05. The molecule has 4 heteroatoms. The first-order valence-electron chi connectivity index (χ1n) is 7.78. The van der Waals surface area contributed by atoms with Gasteiger partial charge in [0.2, 0.25) is 0 Å². The highest BCUT2D eigenvalue weighted by molar-refractivity contribution is 7.99. The summed E-state index contributed by atoms with van der Waals surface area (Å²) >= 11 is 5.18. The normalized spacial score (nSPS) is 10.2. The Morgan fingerprint density at radius 3 is 2.12 bits per heavy atom. The monoisotopic (exact) mass is 386 g/mol. The second-order valence-electron chi connectivity index (χ2n) is 5.74. The third-order valence-corrected chi connectivity index (χ3v) is 5.06. The molecule has 0 saturated heterocycles. The first kappa shape index (κ1) is 19.6. The Balaban J connectivity index is 0.00000225. The SMILES string of the molecule is Cc1cccc(CC(=O)c2ccc(Sc3ccc([SH2+])cc3)cc2)c1.[Cl-]. The topological polar surface area (TPSA) is 17.1 Å². The van der Waals surface area contributed by atoms with Crippen LogP contribution in [0.4, 0.5) is 0 Å². The number of aryl methyl sites for hydroxylation is 1. The molecule has 0 aromatic heterocycles. The van der Waals surface area contributed by atoms with Crippen molar-refractivity contribution in [3.8, 4) is 0 Å². The predicted molar refractivity (Wildman–Crippen MR) is 105 cm³/mol. The van der Waals surface area contributed by atoms with Crippen LogP contribution in [0.3, 0.4) is 0 Å². The molecule has 0 heterocycles. The fourth-order valence-electron chi connectivity index (χ4n) is 2.48. The molecule has 1 nitrogen and oxygen atoms in total. The Morgan fingerprint density at radius 1 is 0.920 bits per heavy atom. The Hall–Kier alpha value is -1.68. The summed E-state index contributed by atoms with van der Waals surface area (Å²) < 4.78 is 0. The van der Waals surface area contributed by atoms with E-state index < -0.39 is 0 Å². The van der Waals surface area contributed by atoms with Gasteiger partial charge in [-0.3, -0.25) is 4.79 Å². The lowest BCUT2D eigenvalue weighted by Crippen LogP contribution is -3.00. The third kappa shape index (κ3) is 5.67. The summed E-state index contributed by atoms with van der Waals surface area (Å²) in [5.74, 6) is 0.153. The van der Waals surface area contributed by atoms with Gasteiger partial charge in [0.15, 0.2) is 5.78 Å². The number of carbonyl (C=O) groups is 1. The molecule has 0 saturated carbocycles. The van der Waals surface area contributed by atoms with Gasteiger partial charge in [-0.25, -0.2) is 0 Å². The van der Waals surface area contributed by atoms with E-state index in [0.29, 0.717) is 6.42 Å². The molecule has 0 atom stereocenters. The second-order valence-corrected chi connectivity index (χ2v) is 7.46. The van der Waals surface area contributed by atoms with Crippen molar-refractivity contribution < 1.29 is 17.2 Å². The van der Waals surface area contributed by atoms with Gasteiger partial charge in [0, 0.05) is 21.8 Å². The summed E-state index contributed by atoms with van der Waals surface area (Å²) in [6.45, 7) is 2.04. The van der Waals surface area contributed by atoms with Crippen LogP contribution < -0.4 is 12.4 Å². The largest absolute Gasteiger partial charge is 1.00 e. The lowest BCUT2D eigenvalue weighted by atomic mass is 10.0. The van der Waals surface area contributed by atoms with Gasteiger partial charge in [-0.05, 0) is 61.5 Å². The van der Waals surface area contributed by atoms with Gasteiger partial charge < -0.3 is 12.4 Å². The highest BCUT2D eigenvalue weighted by atomic mass is 35.5. The minimum absolute atomic E-state index is 0. The van der Waals surface area contributed by atoms with Gasteiger partial charge in [0.05, 0.1) is 0 Å². The molecule has 0 spiro atoms. The van der Waals surface area contributed by atoms with Crippen LogP contribution >= 0.6 is 11.8 Å². The van der Waals surface area contributed by atoms with Crippen molar-refractivity contribution in [2.24, 2.45) is 0 Å². The minimum Gasteiger partial charge on any atom is -1.00 e. The van der Waals surface area contributed by atoms with Crippen LogP contribution in [-0.2, 0) is 19.0 Å². The van der Waals surface area contributed by atoms with E-state index in [9.17, 15) is 4.79 Å². The highest BCUT2D eigenvalue weighted by Gasteiger charge is 2.08. The smallest absolute Gasteiger partial charge is 0.167 e. The van der Waals surface area contributed by atoms with Crippen molar-refractivity contribution in [1.82, 2.24) is 0 Å². The maximum Gasteiger partial charge on any atom is 0.167 e. The summed E-state index contributed by atoms with van der Waals surface area (Å²) in [6.07, 6.45) is 0.445. The number of ketones is 1. The summed E-state index contributed by atoms with van der Waals surface area (Å²) in [7, 11) is 0. The fourth-order valence-corrected chi connectivity index (χ4v) is 3.46. The molecule has 0 aliphatic heterocycles. The third-order valence-electron chi connectivity index (χ3n) is 3.71. The number of carbonyl (C=O) groups excluding carboxylic acids is 1. The van der Waals surface area contributed by atoms with Crippen molar-refractivity contribution in [3.05, 3.63) is 89.5 Å². The first-order chi connectivity index (χ1) is 11.6. The molecule has 3 rings (SSSR count). The molecule has 25 heavy (non-hydrogen) atoms. The summed E-state index contributed by atoms with van der Waals surface area (Å²) in [5, 5.41) is 0. The molecule has 0 amide bonds. The zero-order valence-electron chi connectivity index (χ0n) is 13.8. The lowest BCUT2D eigenvalue weighted by molar-refractivity contribution is -0.0000127. The van der Waals surface area contributed by atoms with Crippen molar-refractivity contribution >= 4 is 30.2 Å². The zero-order valence-corrected chi connectivity index (χ0v) is 16.4. The number of halogens is 1. The van der Waals surface area contributed by atoms with Crippen molar-refractivity contribution in [2.45, 2.75) is 28.0 Å². The van der Waals surface area contributed by atoms with Gasteiger partial charge >= 0.3 is 0 Å². The van der Waals surface area contributed by atoms with E-state index in [4.69, 9.17) is 0 Å². The van der Waals surface area contributed by atoms with Crippen LogP contribution in [0.25, 0.3) is 0 Å². The van der Waals surface area contributed by atoms with Crippen LogP contribution in [0.1, 0.15) is 21.5 Å². The van der Waals surface area contributed by atoms with E-state index in [-0.39, 0.29) is 18.2 Å². The fraction of sp³-hybridized carbons (Fsp3) is 0.0952. The molecule has 0 fully saturated rings. The Labute approximate surface area is 164 Å². The van der Waals surface area contributed by atoms with E-state index in [0.717, 1.165) is 20.9 Å². The van der Waals surface area contributed by atoms with Crippen LogP contribution in [0.2, 0.25) is 0 Å². The van der Waals surface area contributed by atoms with Crippen LogP contribution in [0.5, 0.6) is 0 Å². The van der Waals surface area contributed by atoms with E-state index in [1.165, 1.54) is 10.5 Å². The molecule has 0 radical (unpaired) electrons. The molecule has 0 N–H and O–H groups in total. The molecular weight excluding hydrogens is 368 g/mol. The second kappa shape index (κ2) is 9.14. The number of rotatable bonds is 5. The maximum absolute atomic E-state index is 12.4. The number of hydrogen-bond acceptors (Lipinski definition) is 2. The highest BCUT2D eigenvalue weighted by Crippen LogP contribution is 2.28. The van der Waals surface area contributed by atoms with E-state index in [2.05, 4.69) is 30.8 Å². The molecule has 0 aliphatic carbocycles. The van der Waals surface area contributed by atoms with Crippen molar-refractivity contribution in [1.29, 1.82) is 0 Å². The van der Waals surface area contributed by atoms with E-state index in [1.807, 2.05) is 61.5 Å². The molecule has 0 unspecified atom stereocenters. The molecule has 0 bridgehead atoms. The summed E-state index contributed by atoms with van der Waals surface area (Å²) in [5.41, 5.74) is 3.01. The average Bonchev–Trinajstić information content (AvgIpc) is 2.57. The van der Waals surface area contributed by atoms with Gasteiger partial charge in [0.1, 0.15) is 4.90 Å². The first-order valence-corrected chi connectivity index (χ1v) is 9.10. The van der Waals surface area contributed by atoms with Crippen LogP contribution in [0.15, 0.2) is 87.5 Å². The maximum atomic E-state index is 12.4. The van der Waals surface area contributed by atoms with Gasteiger partial charge in [0.25, 0.3) is 0 Å². The minimum atomic E-state index is 0. The Kier molecular flexibility index (Phi) is 7.18. The van der Waals surface area contributed by atoms with E-state index >= 15 is 0 Å². The van der Waals surface area contributed by atoms with Crippen molar-refractivity contribution in [2.75, 3.05) is 0 Å². The summed E-state index contributed by atoms with van der Waals surface area (Å²) in [4.78, 5) is 15.8. The van der Waals surface area contributed by atoms with Gasteiger partial charge in [-0.2, -0.15) is 0 Å². The quantitative estimate of drug-likeness (QED) is 0.492. The zero-order chi connectivity index (χ0) is 16.9. The molecular formula is C21H19ClOS2. The van der Waals surface area contributed by atoms with Crippen molar-refractivity contribution in [3.63, 3.8) is 0 Å². The molecule has 128 valence electrons. The van der Waals surface area contributed by atoms with Gasteiger partial charge in [-0.15, -0.1) is 0 Å². The van der Waals surface area contributed by atoms with Crippen LogP contribution in [0, 0.1) is 6.92 Å². The molecule has 3 aromatic carbocycles. The van der Waals surface area contributed by atoms with Gasteiger partial charge in [-0.1, -0.05) is 53.7 Å². The number of hydrogen-bond donors (Lipinski definition) is 0. The van der Waals surface area contributed by atoms with E-state index in [1.54, 1.807) is 11.8 Å². The Morgan fingerprint density at radius 2 is 1.52 bits per heavy atom.